The van der Waals surface area contributed by atoms with Crippen LogP contribution in [0.4, 0.5) is 0 Å². The van der Waals surface area contributed by atoms with Crippen LogP contribution in [0.15, 0.2) is 55.1 Å². The summed E-state index contributed by atoms with van der Waals surface area (Å²) in [6, 6.07) is 8.18. The Morgan fingerprint density at radius 1 is 1.37 bits per heavy atom. The van der Waals surface area contributed by atoms with Gasteiger partial charge in [-0.2, -0.15) is 0 Å². The van der Waals surface area contributed by atoms with Gasteiger partial charge in [-0.3, -0.25) is 4.79 Å². The predicted molar refractivity (Wildman–Crippen MR) is 81.5 cm³/mol. The third-order valence-corrected chi connectivity index (χ3v) is 2.96. The van der Waals surface area contributed by atoms with Gasteiger partial charge in [0.25, 0.3) is 0 Å². The summed E-state index contributed by atoms with van der Waals surface area (Å²) in [7, 11) is 0. The Hall–Kier alpha value is -2.09. The molecule has 0 heterocycles. The number of benzene rings is 1. The zero-order valence-electron chi connectivity index (χ0n) is 11.6. The molecule has 1 aromatic rings. The first kappa shape index (κ1) is 15.0. The molecule has 100 valence electrons. The molecule has 0 fully saturated rings. The first-order chi connectivity index (χ1) is 9.08. The fourth-order valence-electron chi connectivity index (χ4n) is 1.84. The van der Waals surface area contributed by atoms with E-state index in [0.717, 1.165) is 16.7 Å². The second kappa shape index (κ2) is 7.37. The molecule has 0 saturated carbocycles. The van der Waals surface area contributed by atoms with E-state index in [4.69, 9.17) is 5.73 Å². The van der Waals surface area contributed by atoms with Gasteiger partial charge in [0, 0.05) is 5.92 Å². The molecule has 2 nitrogen and oxygen atoms in total. The molecular weight excluding hydrogens is 234 g/mol. The lowest BCUT2D eigenvalue weighted by Gasteiger charge is -2.08. The smallest absolute Gasteiger partial charge is 0.220 e. The summed E-state index contributed by atoms with van der Waals surface area (Å²) in [6.07, 6.45) is 8.47. The van der Waals surface area contributed by atoms with Gasteiger partial charge in [0.05, 0.1) is 0 Å². The van der Waals surface area contributed by atoms with Gasteiger partial charge in [-0.25, -0.2) is 0 Å². The van der Waals surface area contributed by atoms with Crippen LogP contribution in [0.3, 0.4) is 0 Å². The van der Waals surface area contributed by atoms with E-state index in [1.165, 1.54) is 0 Å². The molecule has 1 aromatic carbocycles. The first-order valence-corrected chi connectivity index (χ1v) is 6.42. The van der Waals surface area contributed by atoms with Gasteiger partial charge in [0.2, 0.25) is 5.91 Å². The lowest BCUT2D eigenvalue weighted by atomic mass is 9.97. The second-order valence-electron chi connectivity index (χ2n) is 4.56. The molecule has 0 aliphatic heterocycles. The van der Waals surface area contributed by atoms with Crippen LogP contribution < -0.4 is 5.73 Å². The van der Waals surface area contributed by atoms with Crippen LogP contribution in [-0.2, 0) is 11.2 Å². The first-order valence-electron chi connectivity index (χ1n) is 6.42. The van der Waals surface area contributed by atoms with E-state index in [1.54, 1.807) is 6.08 Å². The molecule has 0 spiro atoms. The second-order valence-corrected chi connectivity index (χ2v) is 4.56. The summed E-state index contributed by atoms with van der Waals surface area (Å²) in [5.41, 5.74) is 8.64. The van der Waals surface area contributed by atoms with Crippen molar-refractivity contribution >= 4 is 11.5 Å². The average Bonchev–Trinajstić information content (AvgIpc) is 2.39. The molecule has 0 aliphatic carbocycles. The molecule has 0 bridgehead atoms. The fourth-order valence-corrected chi connectivity index (χ4v) is 1.84. The van der Waals surface area contributed by atoms with E-state index in [0.29, 0.717) is 6.42 Å². The van der Waals surface area contributed by atoms with Gasteiger partial charge in [0.15, 0.2) is 0 Å². The van der Waals surface area contributed by atoms with E-state index >= 15 is 0 Å². The van der Waals surface area contributed by atoms with Crippen LogP contribution in [0, 0.1) is 5.92 Å². The zero-order valence-corrected chi connectivity index (χ0v) is 11.6. The number of rotatable bonds is 6. The van der Waals surface area contributed by atoms with Crippen LogP contribution in [-0.4, -0.2) is 5.91 Å². The number of amides is 1. The van der Waals surface area contributed by atoms with Crippen LogP contribution >= 0.6 is 0 Å². The average molecular weight is 255 g/mol. The molecule has 19 heavy (non-hydrogen) atoms. The molecule has 0 aromatic heterocycles. The number of carbonyl (C=O) groups is 1. The summed E-state index contributed by atoms with van der Waals surface area (Å²) >= 11 is 0. The van der Waals surface area contributed by atoms with Gasteiger partial charge >= 0.3 is 0 Å². The van der Waals surface area contributed by atoms with E-state index in [2.05, 4.69) is 18.7 Å². The van der Waals surface area contributed by atoms with Crippen molar-refractivity contribution in [2.24, 2.45) is 11.7 Å². The quantitative estimate of drug-likeness (QED) is 0.777. The van der Waals surface area contributed by atoms with Gasteiger partial charge in [-0.1, -0.05) is 62.1 Å². The van der Waals surface area contributed by atoms with Crippen molar-refractivity contribution in [1.82, 2.24) is 0 Å². The Labute approximate surface area is 115 Å². The summed E-state index contributed by atoms with van der Waals surface area (Å²) in [5, 5.41) is 0. The maximum absolute atomic E-state index is 11.0. The van der Waals surface area contributed by atoms with E-state index in [1.807, 2.05) is 44.2 Å². The number of carbonyl (C=O) groups excluding carboxylic acids is 1. The SMILES string of the molecule is C=C/C=C(\C=C/C)c1ccc(C[C@H](C)C(N)=O)cc1. The van der Waals surface area contributed by atoms with Gasteiger partial charge in [-0.15, -0.1) is 0 Å². The Morgan fingerprint density at radius 3 is 2.47 bits per heavy atom. The highest BCUT2D eigenvalue weighted by atomic mass is 16.1. The molecule has 2 heteroatoms. The molecule has 1 amide bonds. The Kier molecular flexibility index (Phi) is 5.80. The minimum atomic E-state index is -0.259. The van der Waals surface area contributed by atoms with Crippen LogP contribution in [0.2, 0.25) is 0 Å². The van der Waals surface area contributed by atoms with Crippen molar-refractivity contribution in [2.45, 2.75) is 20.3 Å². The van der Waals surface area contributed by atoms with Crippen molar-refractivity contribution in [2.75, 3.05) is 0 Å². The molecule has 0 aliphatic rings. The topological polar surface area (TPSA) is 43.1 Å². The largest absolute Gasteiger partial charge is 0.369 e. The number of nitrogens with two attached hydrogens (primary N) is 1. The molecule has 0 saturated heterocycles. The Morgan fingerprint density at radius 2 is 2.00 bits per heavy atom. The van der Waals surface area contributed by atoms with Crippen molar-refractivity contribution in [3.05, 3.63) is 66.3 Å². The molecule has 1 rings (SSSR count). The summed E-state index contributed by atoms with van der Waals surface area (Å²) < 4.78 is 0. The molecule has 0 unspecified atom stereocenters. The predicted octanol–water partition coefficient (Wildman–Crippen LogP) is 3.50. The third kappa shape index (κ3) is 4.59. The zero-order chi connectivity index (χ0) is 14.3. The lowest BCUT2D eigenvalue weighted by Crippen LogP contribution is -2.22. The highest BCUT2D eigenvalue weighted by Gasteiger charge is 2.09. The van der Waals surface area contributed by atoms with Crippen LogP contribution in [0.5, 0.6) is 0 Å². The van der Waals surface area contributed by atoms with Gasteiger partial charge in [-0.05, 0) is 30.0 Å². The van der Waals surface area contributed by atoms with Crippen molar-refractivity contribution in [3.63, 3.8) is 0 Å². The van der Waals surface area contributed by atoms with Crippen molar-refractivity contribution < 1.29 is 4.79 Å². The fraction of sp³-hybridized carbons (Fsp3) is 0.235. The van der Waals surface area contributed by atoms with E-state index in [9.17, 15) is 4.79 Å². The maximum atomic E-state index is 11.0. The summed E-state index contributed by atoms with van der Waals surface area (Å²) in [6.45, 7) is 7.56. The summed E-state index contributed by atoms with van der Waals surface area (Å²) in [5.74, 6) is -0.394. The summed E-state index contributed by atoms with van der Waals surface area (Å²) in [4.78, 5) is 11.0. The number of hydrogen-bond donors (Lipinski definition) is 1. The van der Waals surface area contributed by atoms with Crippen LogP contribution in [0.25, 0.3) is 5.57 Å². The number of allylic oxidation sites excluding steroid dienone is 5. The van der Waals surface area contributed by atoms with Crippen molar-refractivity contribution in [1.29, 1.82) is 0 Å². The van der Waals surface area contributed by atoms with Crippen molar-refractivity contribution in [3.8, 4) is 0 Å². The standard InChI is InChI=1S/C17H21NO/c1-4-6-15(7-5-2)16-10-8-14(9-11-16)12-13(3)17(18)19/h4-11,13H,1,12H2,2-3H3,(H2,18,19)/b7-5-,15-6+/t13-/m0/s1. The highest BCUT2D eigenvalue weighted by molar-refractivity contribution is 5.77. The normalized spacial score (nSPS) is 13.5. The molecule has 2 N–H and O–H groups in total. The van der Waals surface area contributed by atoms with Gasteiger partial charge < -0.3 is 5.73 Å². The minimum Gasteiger partial charge on any atom is -0.369 e. The third-order valence-electron chi connectivity index (χ3n) is 2.96. The minimum absolute atomic E-state index is 0.135. The highest BCUT2D eigenvalue weighted by Crippen LogP contribution is 2.18. The maximum Gasteiger partial charge on any atom is 0.220 e. The number of primary amides is 1. The molecular formula is C17H21NO. The van der Waals surface area contributed by atoms with E-state index in [-0.39, 0.29) is 11.8 Å². The lowest BCUT2D eigenvalue weighted by molar-refractivity contribution is -0.121. The molecule has 1 atom stereocenters. The van der Waals surface area contributed by atoms with E-state index < -0.39 is 0 Å². The van der Waals surface area contributed by atoms with Gasteiger partial charge in [0.1, 0.15) is 0 Å². The molecule has 0 radical (unpaired) electrons. The number of hydrogen-bond acceptors (Lipinski definition) is 1. The van der Waals surface area contributed by atoms with Crippen LogP contribution in [0.1, 0.15) is 25.0 Å². The Bertz CT molecular complexity index is 494. The monoisotopic (exact) mass is 255 g/mol. The Balaban J connectivity index is 2.89.